The summed E-state index contributed by atoms with van der Waals surface area (Å²) in [6.45, 7) is 1.94. The molecule has 0 saturated carbocycles. The van der Waals surface area contributed by atoms with Crippen LogP contribution in [0.1, 0.15) is 12.8 Å². The van der Waals surface area contributed by atoms with Gasteiger partial charge in [-0.1, -0.05) is 19.1 Å². The third-order valence-electron chi connectivity index (χ3n) is 1.84. The van der Waals surface area contributed by atoms with Gasteiger partial charge in [0.15, 0.2) is 5.89 Å². The summed E-state index contributed by atoms with van der Waals surface area (Å²) >= 11 is 0. The summed E-state index contributed by atoms with van der Waals surface area (Å²) in [4.78, 5) is 15.5. The first-order chi connectivity index (χ1) is 6.31. The highest BCUT2D eigenvalue weighted by molar-refractivity contribution is 5.71. The number of fused-ring (bicyclic) bond motifs is 1. The fourth-order valence-corrected chi connectivity index (χ4v) is 1.18. The summed E-state index contributed by atoms with van der Waals surface area (Å²) in [6, 6.07) is 6.73. The van der Waals surface area contributed by atoms with Crippen LogP contribution in [0.2, 0.25) is 0 Å². The van der Waals surface area contributed by atoms with Gasteiger partial charge < -0.3 is 4.42 Å². The van der Waals surface area contributed by atoms with Crippen molar-refractivity contribution in [2.45, 2.75) is 13.3 Å². The molecule has 13 heavy (non-hydrogen) atoms. The van der Waals surface area contributed by atoms with Gasteiger partial charge in [-0.25, -0.2) is 4.98 Å². The molecule has 66 valence electrons. The zero-order valence-electron chi connectivity index (χ0n) is 7.28. The van der Waals surface area contributed by atoms with E-state index in [1.165, 1.54) is 6.07 Å². The van der Waals surface area contributed by atoms with Crippen LogP contribution in [-0.2, 0) is 6.42 Å². The number of hydrogen-bond donors (Lipinski definition) is 0. The Balaban J connectivity index is 2.87. The molecule has 0 amide bonds. The van der Waals surface area contributed by atoms with Crippen LogP contribution in [-0.4, -0.2) is 4.98 Å². The molecule has 1 aromatic heterocycles. The number of aryl methyl sites for hydroxylation is 1. The molecule has 2 rings (SSSR count). The first-order valence-corrected chi connectivity index (χ1v) is 4.20. The average molecular weight is 175 g/mol. The number of hydrogen-bond acceptors (Lipinski definition) is 3. The lowest BCUT2D eigenvalue weighted by atomic mass is 10.4. The second kappa shape index (κ2) is 3.01. The van der Waals surface area contributed by atoms with Gasteiger partial charge in [0.2, 0.25) is 11.0 Å². The minimum atomic E-state index is -0.118. The van der Waals surface area contributed by atoms with Crippen molar-refractivity contribution < 1.29 is 4.42 Å². The highest BCUT2D eigenvalue weighted by atomic mass is 16.4. The van der Waals surface area contributed by atoms with Gasteiger partial charge in [-0.05, 0) is 12.1 Å². The standard InChI is InChI=1S/C10H9NO2/c1-2-9-11-7-5-3-4-6-8(12)10(7)13-9/h3-6H,2H2,1H3. The van der Waals surface area contributed by atoms with E-state index >= 15 is 0 Å². The van der Waals surface area contributed by atoms with Gasteiger partial charge in [0.05, 0.1) is 0 Å². The maximum absolute atomic E-state index is 11.4. The number of rotatable bonds is 1. The Morgan fingerprint density at radius 1 is 1.38 bits per heavy atom. The minimum absolute atomic E-state index is 0.118. The number of nitrogens with zero attached hydrogens (tertiary/aromatic N) is 1. The second-order valence-corrected chi connectivity index (χ2v) is 2.76. The normalized spacial score (nSPS) is 10.5. The highest BCUT2D eigenvalue weighted by Crippen LogP contribution is 2.10. The van der Waals surface area contributed by atoms with E-state index in [9.17, 15) is 4.79 Å². The molecule has 0 aliphatic carbocycles. The van der Waals surface area contributed by atoms with E-state index in [4.69, 9.17) is 4.42 Å². The first kappa shape index (κ1) is 7.98. The van der Waals surface area contributed by atoms with E-state index in [0.717, 1.165) is 0 Å². The fourth-order valence-electron chi connectivity index (χ4n) is 1.18. The molecule has 3 heteroatoms. The third kappa shape index (κ3) is 1.33. The molecule has 2 aromatic rings. The molecule has 0 fully saturated rings. The maximum Gasteiger partial charge on any atom is 0.223 e. The van der Waals surface area contributed by atoms with E-state index in [0.29, 0.717) is 23.4 Å². The Hall–Kier alpha value is -1.64. The van der Waals surface area contributed by atoms with E-state index in [1.807, 2.05) is 6.92 Å². The van der Waals surface area contributed by atoms with E-state index in [-0.39, 0.29) is 5.43 Å². The van der Waals surface area contributed by atoms with Crippen molar-refractivity contribution >= 4 is 11.1 Å². The molecule has 1 heterocycles. The lowest BCUT2D eigenvalue weighted by molar-refractivity contribution is 0.536. The smallest absolute Gasteiger partial charge is 0.223 e. The van der Waals surface area contributed by atoms with Crippen molar-refractivity contribution in [3.8, 4) is 0 Å². The van der Waals surface area contributed by atoms with Crippen LogP contribution in [0.15, 0.2) is 33.5 Å². The fraction of sp³-hybridized carbons (Fsp3) is 0.200. The summed E-state index contributed by atoms with van der Waals surface area (Å²) in [7, 11) is 0. The maximum atomic E-state index is 11.4. The summed E-state index contributed by atoms with van der Waals surface area (Å²) in [5.41, 5.74) is 0.862. The quantitative estimate of drug-likeness (QED) is 0.663. The number of aromatic nitrogens is 1. The van der Waals surface area contributed by atoms with Crippen LogP contribution in [0.4, 0.5) is 0 Å². The molecular formula is C10H9NO2. The molecular weight excluding hydrogens is 166 g/mol. The molecule has 0 atom stereocenters. The molecule has 1 aromatic carbocycles. The van der Waals surface area contributed by atoms with Crippen LogP contribution >= 0.6 is 0 Å². The summed E-state index contributed by atoms with van der Waals surface area (Å²) in [5.74, 6) is 0.610. The molecule has 0 unspecified atom stereocenters. The van der Waals surface area contributed by atoms with Gasteiger partial charge >= 0.3 is 0 Å². The molecule has 0 aliphatic heterocycles. The SMILES string of the molecule is CCc1nc2ccccc(=O)c2o1. The Kier molecular flexibility index (Phi) is 1.85. The largest absolute Gasteiger partial charge is 0.437 e. The summed E-state index contributed by atoms with van der Waals surface area (Å²) in [6.07, 6.45) is 0.706. The molecule has 0 bridgehead atoms. The number of oxazole rings is 1. The second-order valence-electron chi connectivity index (χ2n) is 2.76. The van der Waals surface area contributed by atoms with Gasteiger partial charge in [-0.3, -0.25) is 4.79 Å². The lowest BCUT2D eigenvalue weighted by Gasteiger charge is -1.79. The summed E-state index contributed by atoms with van der Waals surface area (Å²) in [5, 5.41) is 0. The molecule has 0 aliphatic rings. The van der Waals surface area contributed by atoms with E-state index < -0.39 is 0 Å². The van der Waals surface area contributed by atoms with Crippen LogP contribution in [0, 0.1) is 0 Å². The first-order valence-electron chi connectivity index (χ1n) is 4.20. The van der Waals surface area contributed by atoms with Crippen LogP contribution in [0.25, 0.3) is 11.1 Å². The Bertz CT molecular complexity index is 487. The van der Waals surface area contributed by atoms with Crippen molar-refractivity contribution in [2.24, 2.45) is 0 Å². The minimum Gasteiger partial charge on any atom is -0.437 e. The van der Waals surface area contributed by atoms with Crippen molar-refractivity contribution in [3.63, 3.8) is 0 Å². The monoisotopic (exact) mass is 175 g/mol. The molecule has 3 nitrogen and oxygen atoms in total. The third-order valence-corrected chi connectivity index (χ3v) is 1.84. The van der Waals surface area contributed by atoms with Gasteiger partial charge in [-0.15, -0.1) is 0 Å². The van der Waals surface area contributed by atoms with Crippen molar-refractivity contribution in [1.29, 1.82) is 0 Å². The van der Waals surface area contributed by atoms with Crippen LogP contribution in [0.5, 0.6) is 0 Å². The van der Waals surface area contributed by atoms with Gasteiger partial charge in [0.1, 0.15) is 5.52 Å². The zero-order valence-corrected chi connectivity index (χ0v) is 7.28. The topological polar surface area (TPSA) is 43.1 Å². The summed E-state index contributed by atoms with van der Waals surface area (Å²) < 4.78 is 5.28. The van der Waals surface area contributed by atoms with Crippen molar-refractivity contribution in [3.05, 3.63) is 40.4 Å². The molecule has 0 spiro atoms. The van der Waals surface area contributed by atoms with E-state index in [1.54, 1.807) is 18.2 Å². The predicted molar refractivity (Wildman–Crippen MR) is 49.7 cm³/mol. The predicted octanol–water partition coefficient (Wildman–Crippen LogP) is 1.75. The zero-order chi connectivity index (χ0) is 9.26. The van der Waals surface area contributed by atoms with Crippen LogP contribution < -0.4 is 5.43 Å². The van der Waals surface area contributed by atoms with Gasteiger partial charge in [0.25, 0.3) is 0 Å². The van der Waals surface area contributed by atoms with Gasteiger partial charge in [-0.2, -0.15) is 0 Å². The molecule has 0 radical (unpaired) electrons. The molecule has 0 N–H and O–H groups in total. The van der Waals surface area contributed by atoms with E-state index in [2.05, 4.69) is 4.98 Å². The van der Waals surface area contributed by atoms with Gasteiger partial charge in [0, 0.05) is 6.42 Å². The van der Waals surface area contributed by atoms with Crippen molar-refractivity contribution in [1.82, 2.24) is 4.98 Å². The van der Waals surface area contributed by atoms with Crippen molar-refractivity contribution in [2.75, 3.05) is 0 Å². The lowest BCUT2D eigenvalue weighted by Crippen LogP contribution is -1.91. The Morgan fingerprint density at radius 2 is 2.15 bits per heavy atom. The molecule has 0 saturated heterocycles. The highest BCUT2D eigenvalue weighted by Gasteiger charge is 2.04. The van der Waals surface area contributed by atoms with Crippen LogP contribution in [0.3, 0.4) is 0 Å². The average Bonchev–Trinajstić information content (AvgIpc) is 2.48. The Labute approximate surface area is 75.0 Å². The Morgan fingerprint density at radius 3 is 2.92 bits per heavy atom.